The third kappa shape index (κ3) is 2.03. The average molecular weight is 155 g/mol. The molecule has 1 aliphatic carbocycles. The van der Waals surface area contributed by atoms with E-state index in [1.165, 1.54) is 0 Å². The summed E-state index contributed by atoms with van der Waals surface area (Å²) in [5.41, 5.74) is 0.412. The van der Waals surface area contributed by atoms with Crippen molar-refractivity contribution in [1.82, 2.24) is 0 Å². The average Bonchev–Trinajstić information content (AvgIpc) is 2.13. The summed E-state index contributed by atoms with van der Waals surface area (Å²) in [6.45, 7) is 0. The van der Waals surface area contributed by atoms with Crippen LogP contribution in [-0.4, -0.2) is 16.8 Å². The molecule has 0 amide bonds. The van der Waals surface area contributed by atoms with Gasteiger partial charge in [0.1, 0.15) is 0 Å². The van der Waals surface area contributed by atoms with Gasteiger partial charge in [-0.05, 0) is 19.3 Å². The quantitative estimate of drug-likeness (QED) is 0.566. The molecule has 1 fully saturated rings. The van der Waals surface area contributed by atoms with Crippen LogP contribution >= 0.6 is 0 Å². The molecule has 1 rings (SSSR count). The maximum Gasteiger partial charge on any atom is 0.312 e. The van der Waals surface area contributed by atoms with Crippen molar-refractivity contribution < 1.29 is 9.90 Å². The minimum absolute atomic E-state index is 0.412. The van der Waals surface area contributed by atoms with Crippen LogP contribution in [0.5, 0.6) is 0 Å². The molecule has 2 N–H and O–H groups in total. The van der Waals surface area contributed by atoms with E-state index in [1.807, 2.05) is 0 Å². The molecule has 0 aromatic rings. The molecular weight excluding hydrogens is 142 g/mol. The smallest absolute Gasteiger partial charge is 0.312 e. The Bertz CT molecular complexity index is 177. The largest absolute Gasteiger partial charge is 0.481 e. The van der Waals surface area contributed by atoms with Crippen LogP contribution in [-0.2, 0) is 4.79 Å². The minimum Gasteiger partial charge on any atom is -0.481 e. The number of hydrogen-bond acceptors (Lipinski definition) is 2. The number of carboxylic acid groups (broad SMARTS) is 1. The SMILES string of the molecule is N=C1CCCCCC1C(=O)O. The molecule has 0 aromatic carbocycles. The summed E-state index contributed by atoms with van der Waals surface area (Å²) in [5.74, 6) is -1.31. The van der Waals surface area contributed by atoms with Crippen molar-refractivity contribution >= 4 is 11.7 Å². The van der Waals surface area contributed by atoms with E-state index in [0.717, 1.165) is 19.3 Å². The molecule has 0 aromatic heterocycles. The van der Waals surface area contributed by atoms with Crippen LogP contribution < -0.4 is 0 Å². The van der Waals surface area contributed by atoms with Crippen molar-refractivity contribution in [2.24, 2.45) is 5.92 Å². The highest BCUT2D eigenvalue weighted by Crippen LogP contribution is 2.20. The third-order valence-electron chi connectivity index (χ3n) is 2.16. The van der Waals surface area contributed by atoms with Gasteiger partial charge in [0.05, 0.1) is 5.92 Å². The first-order chi connectivity index (χ1) is 5.22. The first kappa shape index (κ1) is 8.24. The van der Waals surface area contributed by atoms with E-state index < -0.39 is 11.9 Å². The molecule has 0 bridgehead atoms. The zero-order valence-electron chi connectivity index (χ0n) is 6.47. The summed E-state index contributed by atoms with van der Waals surface area (Å²) in [7, 11) is 0. The van der Waals surface area contributed by atoms with Crippen LogP contribution in [0.2, 0.25) is 0 Å². The van der Waals surface area contributed by atoms with Gasteiger partial charge >= 0.3 is 5.97 Å². The van der Waals surface area contributed by atoms with Crippen LogP contribution in [0, 0.1) is 11.3 Å². The van der Waals surface area contributed by atoms with Gasteiger partial charge < -0.3 is 10.5 Å². The zero-order chi connectivity index (χ0) is 8.27. The Hall–Kier alpha value is -0.860. The third-order valence-corrected chi connectivity index (χ3v) is 2.16. The molecule has 3 nitrogen and oxygen atoms in total. The van der Waals surface area contributed by atoms with Crippen molar-refractivity contribution in [3.8, 4) is 0 Å². The lowest BCUT2D eigenvalue weighted by atomic mass is 9.99. The summed E-state index contributed by atoms with van der Waals surface area (Å²) in [4.78, 5) is 10.6. The maximum absolute atomic E-state index is 10.6. The predicted molar refractivity (Wildman–Crippen MR) is 41.9 cm³/mol. The van der Waals surface area contributed by atoms with E-state index in [1.54, 1.807) is 0 Å². The molecule has 0 heterocycles. The Kier molecular flexibility index (Phi) is 2.63. The first-order valence-electron chi connectivity index (χ1n) is 4.02. The highest BCUT2D eigenvalue weighted by Gasteiger charge is 2.23. The summed E-state index contributed by atoms with van der Waals surface area (Å²) in [5, 5.41) is 16.1. The molecular formula is C8H13NO2. The summed E-state index contributed by atoms with van der Waals surface area (Å²) in [6, 6.07) is 0. The first-order valence-corrected chi connectivity index (χ1v) is 4.02. The van der Waals surface area contributed by atoms with Crippen LogP contribution in [0.3, 0.4) is 0 Å². The molecule has 1 atom stereocenters. The Labute approximate surface area is 65.9 Å². The van der Waals surface area contributed by atoms with E-state index in [-0.39, 0.29) is 0 Å². The number of carbonyl (C=O) groups is 1. The van der Waals surface area contributed by atoms with Crippen molar-refractivity contribution in [2.45, 2.75) is 32.1 Å². The lowest BCUT2D eigenvalue weighted by molar-refractivity contribution is -0.139. The maximum atomic E-state index is 10.6. The van der Waals surface area contributed by atoms with Crippen LogP contribution in [0.25, 0.3) is 0 Å². The fraction of sp³-hybridized carbons (Fsp3) is 0.750. The normalized spacial score (nSPS) is 26.2. The Balaban J connectivity index is 2.59. The number of nitrogens with one attached hydrogen (secondary N) is 1. The van der Waals surface area contributed by atoms with Gasteiger partial charge in [-0.1, -0.05) is 12.8 Å². The van der Waals surface area contributed by atoms with E-state index in [9.17, 15) is 4.79 Å². The Morgan fingerprint density at radius 2 is 2.18 bits per heavy atom. The van der Waals surface area contributed by atoms with Gasteiger partial charge in [0.2, 0.25) is 0 Å². The van der Waals surface area contributed by atoms with E-state index >= 15 is 0 Å². The fourth-order valence-corrected chi connectivity index (χ4v) is 1.46. The van der Waals surface area contributed by atoms with Gasteiger partial charge in [0.25, 0.3) is 0 Å². The highest BCUT2D eigenvalue weighted by molar-refractivity contribution is 5.99. The van der Waals surface area contributed by atoms with Gasteiger partial charge in [0, 0.05) is 5.71 Å². The zero-order valence-corrected chi connectivity index (χ0v) is 6.47. The van der Waals surface area contributed by atoms with E-state index in [2.05, 4.69) is 0 Å². The second-order valence-electron chi connectivity index (χ2n) is 3.02. The summed E-state index contributed by atoms with van der Waals surface area (Å²) >= 11 is 0. The topological polar surface area (TPSA) is 61.2 Å². The number of aliphatic carboxylic acids is 1. The summed E-state index contributed by atoms with van der Waals surface area (Å²) in [6.07, 6.45) is 4.36. The van der Waals surface area contributed by atoms with Crippen molar-refractivity contribution in [3.05, 3.63) is 0 Å². The van der Waals surface area contributed by atoms with Gasteiger partial charge in [-0.2, -0.15) is 0 Å². The van der Waals surface area contributed by atoms with Gasteiger partial charge in [-0.3, -0.25) is 4.79 Å². The van der Waals surface area contributed by atoms with Crippen molar-refractivity contribution in [3.63, 3.8) is 0 Å². The van der Waals surface area contributed by atoms with Crippen molar-refractivity contribution in [1.29, 1.82) is 5.41 Å². The minimum atomic E-state index is -0.822. The second kappa shape index (κ2) is 3.51. The molecule has 1 unspecified atom stereocenters. The number of hydrogen-bond donors (Lipinski definition) is 2. The van der Waals surface area contributed by atoms with Crippen LogP contribution in [0.4, 0.5) is 0 Å². The fourth-order valence-electron chi connectivity index (χ4n) is 1.46. The molecule has 62 valence electrons. The molecule has 0 aliphatic heterocycles. The van der Waals surface area contributed by atoms with Gasteiger partial charge in [0.15, 0.2) is 0 Å². The molecule has 11 heavy (non-hydrogen) atoms. The standard InChI is InChI=1S/C8H13NO2/c9-7-5-3-1-2-4-6(7)8(10)11/h6,9H,1-5H2,(H,10,11). The van der Waals surface area contributed by atoms with Gasteiger partial charge in [-0.25, -0.2) is 0 Å². The van der Waals surface area contributed by atoms with Gasteiger partial charge in [-0.15, -0.1) is 0 Å². The monoisotopic (exact) mass is 155 g/mol. The number of carboxylic acids is 1. The predicted octanol–water partition coefficient (Wildman–Crippen LogP) is 1.67. The lowest BCUT2D eigenvalue weighted by Gasteiger charge is -2.08. The molecule has 3 heteroatoms. The van der Waals surface area contributed by atoms with E-state index in [0.29, 0.717) is 18.6 Å². The Morgan fingerprint density at radius 3 is 2.82 bits per heavy atom. The Morgan fingerprint density at radius 1 is 1.45 bits per heavy atom. The van der Waals surface area contributed by atoms with E-state index in [4.69, 9.17) is 10.5 Å². The van der Waals surface area contributed by atoms with Crippen LogP contribution in [0.15, 0.2) is 0 Å². The molecule has 0 saturated heterocycles. The highest BCUT2D eigenvalue weighted by atomic mass is 16.4. The van der Waals surface area contributed by atoms with Crippen molar-refractivity contribution in [2.75, 3.05) is 0 Å². The molecule has 1 aliphatic rings. The molecule has 0 radical (unpaired) electrons. The lowest BCUT2D eigenvalue weighted by Crippen LogP contribution is -2.21. The molecule has 1 saturated carbocycles. The van der Waals surface area contributed by atoms with Crippen LogP contribution in [0.1, 0.15) is 32.1 Å². The summed E-state index contributed by atoms with van der Waals surface area (Å²) < 4.78 is 0. The number of rotatable bonds is 1. The molecule has 0 spiro atoms. The second-order valence-corrected chi connectivity index (χ2v) is 3.02.